The summed E-state index contributed by atoms with van der Waals surface area (Å²) in [6.07, 6.45) is 2.53. The van der Waals surface area contributed by atoms with E-state index in [0.29, 0.717) is 5.56 Å². The molecule has 2 rings (SSSR count). The summed E-state index contributed by atoms with van der Waals surface area (Å²) in [5.74, 6) is -0.362. The van der Waals surface area contributed by atoms with E-state index in [4.69, 9.17) is 5.73 Å². The molecule has 0 fully saturated rings. The van der Waals surface area contributed by atoms with E-state index < -0.39 is 0 Å². The van der Waals surface area contributed by atoms with Crippen LogP contribution in [0.1, 0.15) is 30.0 Å². The Balaban J connectivity index is 2.56. The van der Waals surface area contributed by atoms with Crippen LogP contribution in [-0.2, 0) is 6.42 Å². The van der Waals surface area contributed by atoms with Crippen molar-refractivity contribution in [3.8, 4) is 5.75 Å². The fraction of sp³-hybridized carbons (Fsp3) is 0.400. The van der Waals surface area contributed by atoms with E-state index in [1.54, 1.807) is 6.07 Å². The van der Waals surface area contributed by atoms with Crippen LogP contribution in [-0.4, -0.2) is 5.11 Å². The number of halogens is 1. The van der Waals surface area contributed by atoms with Crippen LogP contribution in [0.3, 0.4) is 0 Å². The Kier molecular flexibility index (Phi) is 1.96. The maximum absolute atomic E-state index is 13.3. The van der Waals surface area contributed by atoms with Crippen molar-refractivity contribution in [3.05, 3.63) is 29.1 Å². The predicted molar refractivity (Wildman–Crippen MR) is 47.9 cm³/mol. The maximum atomic E-state index is 13.3. The van der Waals surface area contributed by atoms with Crippen molar-refractivity contribution in [1.29, 1.82) is 0 Å². The highest BCUT2D eigenvalue weighted by Crippen LogP contribution is 2.32. The highest BCUT2D eigenvalue weighted by molar-refractivity contribution is 5.39. The van der Waals surface area contributed by atoms with Gasteiger partial charge >= 0.3 is 0 Å². The zero-order valence-electron chi connectivity index (χ0n) is 7.26. The monoisotopic (exact) mass is 181 g/mol. The molecule has 0 spiro atoms. The molecule has 0 aromatic heterocycles. The molecule has 1 atom stereocenters. The number of phenolic OH excluding ortho intramolecular Hbond substituents is 1. The van der Waals surface area contributed by atoms with Gasteiger partial charge in [-0.2, -0.15) is 0 Å². The molecule has 0 aliphatic heterocycles. The lowest BCUT2D eigenvalue weighted by Crippen LogP contribution is -2.18. The van der Waals surface area contributed by atoms with Crippen LogP contribution in [0.25, 0.3) is 0 Å². The lowest BCUT2D eigenvalue weighted by molar-refractivity contribution is 0.458. The number of rotatable bonds is 0. The number of hydrogen-bond donors (Lipinski definition) is 2. The fourth-order valence-corrected chi connectivity index (χ4v) is 1.89. The second-order valence-corrected chi connectivity index (χ2v) is 3.49. The lowest BCUT2D eigenvalue weighted by Gasteiger charge is -2.22. The summed E-state index contributed by atoms with van der Waals surface area (Å²) in [5, 5.41) is 9.19. The van der Waals surface area contributed by atoms with Crippen LogP contribution in [0.15, 0.2) is 12.1 Å². The van der Waals surface area contributed by atoms with Crippen LogP contribution in [0.5, 0.6) is 5.75 Å². The van der Waals surface area contributed by atoms with E-state index in [1.165, 1.54) is 0 Å². The minimum absolute atomic E-state index is 0.0337. The van der Waals surface area contributed by atoms with E-state index in [-0.39, 0.29) is 17.6 Å². The number of hydrogen-bond acceptors (Lipinski definition) is 2. The molecule has 0 amide bonds. The summed E-state index contributed by atoms with van der Waals surface area (Å²) < 4.78 is 13.3. The molecule has 0 saturated heterocycles. The highest BCUT2D eigenvalue weighted by atomic mass is 19.1. The molecule has 70 valence electrons. The fourth-order valence-electron chi connectivity index (χ4n) is 1.89. The van der Waals surface area contributed by atoms with Crippen LogP contribution in [0, 0.1) is 5.82 Å². The molecule has 0 bridgehead atoms. The van der Waals surface area contributed by atoms with Gasteiger partial charge in [-0.05, 0) is 36.5 Å². The lowest BCUT2D eigenvalue weighted by atomic mass is 9.88. The standard InChI is InChI=1S/C10H12FNO/c11-9-5-6(13)4-8-7(9)2-1-3-10(8)12/h4-5,10,13H,1-3,12H2/t10-/m1/s1. The van der Waals surface area contributed by atoms with Crippen molar-refractivity contribution in [3.63, 3.8) is 0 Å². The third kappa shape index (κ3) is 1.40. The molecule has 13 heavy (non-hydrogen) atoms. The number of aromatic hydroxyl groups is 1. The van der Waals surface area contributed by atoms with Gasteiger partial charge in [0.25, 0.3) is 0 Å². The maximum Gasteiger partial charge on any atom is 0.130 e. The second-order valence-electron chi connectivity index (χ2n) is 3.49. The van der Waals surface area contributed by atoms with E-state index in [0.717, 1.165) is 30.9 Å². The van der Waals surface area contributed by atoms with Gasteiger partial charge in [0.05, 0.1) is 0 Å². The van der Waals surface area contributed by atoms with Crippen molar-refractivity contribution in [1.82, 2.24) is 0 Å². The molecule has 0 radical (unpaired) electrons. The molecule has 3 heteroatoms. The third-order valence-electron chi connectivity index (χ3n) is 2.56. The Morgan fingerprint density at radius 1 is 1.46 bits per heavy atom. The van der Waals surface area contributed by atoms with Crippen molar-refractivity contribution >= 4 is 0 Å². The molecule has 1 aliphatic carbocycles. The molecule has 0 saturated carbocycles. The first kappa shape index (κ1) is 8.51. The second kappa shape index (κ2) is 3.00. The molecule has 0 unspecified atom stereocenters. The Morgan fingerprint density at radius 3 is 3.00 bits per heavy atom. The van der Waals surface area contributed by atoms with Crippen molar-refractivity contribution in [2.45, 2.75) is 25.3 Å². The van der Waals surface area contributed by atoms with Crippen LogP contribution in [0.4, 0.5) is 4.39 Å². The zero-order chi connectivity index (χ0) is 9.42. The van der Waals surface area contributed by atoms with Crippen LogP contribution in [0.2, 0.25) is 0 Å². The Labute approximate surface area is 76.2 Å². The Hall–Kier alpha value is -1.09. The minimum Gasteiger partial charge on any atom is -0.508 e. The molecule has 1 aromatic rings. The van der Waals surface area contributed by atoms with Gasteiger partial charge in [0.15, 0.2) is 0 Å². The molecule has 1 aromatic carbocycles. The Morgan fingerprint density at radius 2 is 2.23 bits per heavy atom. The number of nitrogens with two attached hydrogens (primary N) is 1. The van der Waals surface area contributed by atoms with E-state index in [1.807, 2.05) is 0 Å². The SMILES string of the molecule is N[C@@H]1CCCc2c(F)cc(O)cc21. The third-order valence-corrected chi connectivity index (χ3v) is 2.56. The van der Waals surface area contributed by atoms with Crippen molar-refractivity contribution in [2.24, 2.45) is 5.73 Å². The first-order valence-electron chi connectivity index (χ1n) is 4.45. The average molecular weight is 181 g/mol. The summed E-state index contributed by atoms with van der Waals surface area (Å²) in [7, 11) is 0. The first-order chi connectivity index (χ1) is 6.18. The number of fused-ring (bicyclic) bond motifs is 1. The first-order valence-corrected chi connectivity index (χ1v) is 4.45. The van der Waals surface area contributed by atoms with E-state index in [9.17, 15) is 9.50 Å². The summed E-state index contributed by atoms with van der Waals surface area (Å²) >= 11 is 0. The van der Waals surface area contributed by atoms with Gasteiger partial charge in [-0.3, -0.25) is 0 Å². The van der Waals surface area contributed by atoms with Crippen LogP contribution >= 0.6 is 0 Å². The minimum atomic E-state index is -0.329. The van der Waals surface area contributed by atoms with Gasteiger partial charge < -0.3 is 10.8 Å². The summed E-state index contributed by atoms with van der Waals surface area (Å²) in [6.45, 7) is 0. The smallest absolute Gasteiger partial charge is 0.130 e. The zero-order valence-corrected chi connectivity index (χ0v) is 7.26. The van der Waals surface area contributed by atoms with Crippen molar-refractivity contribution < 1.29 is 9.50 Å². The number of benzene rings is 1. The largest absolute Gasteiger partial charge is 0.508 e. The van der Waals surface area contributed by atoms with E-state index in [2.05, 4.69) is 0 Å². The molecule has 1 aliphatic rings. The van der Waals surface area contributed by atoms with E-state index >= 15 is 0 Å². The molecule has 3 N–H and O–H groups in total. The van der Waals surface area contributed by atoms with Gasteiger partial charge in [-0.15, -0.1) is 0 Å². The average Bonchev–Trinajstić information content (AvgIpc) is 2.07. The Bertz CT molecular complexity index is 338. The summed E-state index contributed by atoms with van der Waals surface area (Å²) in [6, 6.07) is 2.60. The van der Waals surface area contributed by atoms with Gasteiger partial charge in [0.1, 0.15) is 11.6 Å². The van der Waals surface area contributed by atoms with Gasteiger partial charge in [-0.25, -0.2) is 4.39 Å². The topological polar surface area (TPSA) is 46.2 Å². The normalized spacial score (nSPS) is 21.2. The van der Waals surface area contributed by atoms with Gasteiger partial charge in [-0.1, -0.05) is 0 Å². The van der Waals surface area contributed by atoms with Crippen molar-refractivity contribution in [2.75, 3.05) is 0 Å². The number of phenols is 1. The van der Waals surface area contributed by atoms with Gasteiger partial charge in [0.2, 0.25) is 0 Å². The summed E-state index contributed by atoms with van der Waals surface area (Å²) in [5.41, 5.74) is 7.25. The predicted octanol–water partition coefficient (Wildman–Crippen LogP) is 1.87. The van der Waals surface area contributed by atoms with Crippen LogP contribution < -0.4 is 5.73 Å². The molecular formula is C10H12FNO. The summed E-state index contributed by atoms with van der Waals surface area (Å²) in [4.78, 5) is 0. The van der Waals surface area contributed by atoms with Gasteiger partial charge in [0, 0.05) is 12.1 Å². The molecular weight excluding hydrogens is 169 g/mol. The molecule has 2 nitrogen and oxygen atoms in total. The quantitative estimate of drug-likeness (QED) is 0.641. The highest BCUT2D eigenvalue weighted by Gasteiger charge is 2.20. The molecule has 0 heterocycles.